The molecule has 28 heavy (non-hydrogen) atoms. The molecule has 3 heterocycles. The lowest BCUT2D eigenvalue weighted by Crippen LogP contribution is -2.39. The minimum atomic E-state index is -0.0973. The minimum absolute atomic E-state index is 0.0973. The summed E-state index contributed by atoms with van der Waals surface area (Å²) in [4.78, 5) is 26.8. The molecule has 3 aromatic rings. The number of carbonyl (C=O) groups is 1. The van der Waals surface area contributed by atoms with Crippen molar-refractivity contribution in [2.75, 3.05) is 19.0 Å². The number of methoxy groups -OCH3 is 1. The second-order valence-corrected chi connectivity index (χ2v) is 7.02. The van der Waals surface area contributed by atoms with E-state index in [1.165, 1.54) is 5.56 Å². The van der Waals surface area contributed by atoms with E-state index < -0.39 is 0 Å². The Morgan fingerprint density at radius 2 is 2.11 bits per heavy atom. The zero-order valence-corrected chi connectivity index (χ0v) is 16.2. The molecule has 0 spiro atoms. The number of imidazole rings is 1. The van der Waals surface area contributed by atoms with Crippen molar-refractivity contribution >= 4 is 11.7 Å². The Kier molecular flexibility index (Phi) is 4.73. The molecule has 0 radical (unpaired) electrons. The lowest BCUT2D eigenvalue weighted by molar-refractivity contribution is 0.205. The predicted octanol–water partition coefficient (Wildman–Crippen LogP) is 3.69. The Bertz CT molecular complexity index is 1010. The summed E-state index contributed by atoms with van der Waals surface area (Å²) in [5, 5.41) is 3.02. The Morgan fingerprint density at radius 3 is 2.82 bits per heavy atom. The fourth-order valence-corrected chi connectivity index (χ4v) is 3.39. The van der Waals surface area contributed by atoms with Gasteiger partial charge in [-0.05, 0) is 31.5 Å². The first-order chi connectivity index (χ1) is 13.5. The third-order valence-electron chi connectivity index (χ3n) is 4.96. The highest BCUT2D eigenvalue weighted by Gasteiger charge is 2.24. The number of urea groups is 1. The van der Waals surface area contributed by atoms with E-state index in [1.807, 2.05) is 32.0 Å². The normalized spacial score (nSPS) is 13.2. The number of aromatic nitrogens is 3. The van der Waals surface area contributed by atoms with Crippen LogP contribution in [0.2, 0.25) is 0 Å². The summed E-state index contributed by atoms with van der Waals surface area (Å²) >= 11 is 0. The summed E-state index contributed by atoms with van der Waals surface area (Å²) in [6, 6.07) is 9.64. The van der Waals surface area contributed by atoms with E-state index in [0.717, 1.165) is 40.4 Å². The Morgan fingerprint density at radius 1 is 1.25 bits per heavy atom. The van der Waals surface area contributed by atoms with Gasteiger partial charge in [0.15, 0.2) is 0 Å². The van der Waals surface area contributed by atoms with Crippen LogP contribution in [-0.4, -0.2) is 39.5 Å². The molecule has 0 bridgehead atoms. The number of nitrogens with zero attached hydrogens (tertiary/aromatic N) is 3. The second-order valence-electron chi connectivity index (χ2n) is 7.02. The average Bonchev–Trinajstić information content (AvgIpc) is 3.13. The molecule has 2 N–H and O–H groups in total. The van der Waals surface area contributed by atoms with Gasteiger partial charge in [0.05, 0.1) is 25.0 Å². The van der Waals surface area contributed by atoms with Gasteiger partial charge in [-0.2, -0.15) is 0 Å². The van der Waals surface area contributed by atoms with Crippen molar-refractivity contribution in [1.82, 2.24) is 19.9 Å². The topological polar surface area (TPSA) is 83.1 Å². The number of H-pyrrole nitrogens is 1. The van der Waals surface area contributed by atoms with E-state index in [2.05, 4.69) is 26.3 Å². The van der Waals surface area contributed by atoms with Crippen LogP contribution in [0.5, 0.6) is 5.88 Å². The van der Waals surface area contributed by atoms with Gasteiger partial charge in [-0.25, -0.2) is 14.8 Å². The zero-order chi connectivity index (χ0) is 19.7. The van der Waals surface area contributed by atoms with Gasteiger partial charge in [0.25, 0.3) is 0 Å². The molecule has 1 aliphatic rings. The number of anilines is 1. The van der Waals surface area contributed by atoms with Crippen LogP contribution in [-0.2, 0) is 13.0 Å². The average molecular weight is 377 g/mol. The molecule has 7 nitrogen and oxygen atoms in total. The van der Waals surface area contributed by atoms with Crippen LogP contribution in [0.25, 0.3) is 11.4 Å². The monoisotopic (exact) mass is 377 g/mol. The molecular formula is C21H23N5O2. The quantitative estimate of drug-likeness (QED) is 0.729. The molecule has 2 aromatic heterocycles. The molecule has 2 amide bonds. The molecule has 0 fully saturated rings. The van der Waals surface area contributed by atoms with Crippen LogP contribution in [0, 0.1) is 13.8 Å². The van der Waals surface area contributed by atoms with E-state index in [1.54, 1.807) is 24.3 Å². The van der Waals surface area contributed by atoms with Crippen molar-refractivity contribution in [1.29, 1.82) is 0 Å². The van der Waals surface area contributed by atoms with Crippen LogP contribution in [0.3, 0.4) is 0 Å². The van der Waals surface area contributed by atoms with Gasteiger partial charge < -0.3 is 19.9 Å². The van der Waals surface area contributed by atoms with Crippen molar-refractivity contribution in [3.05, 3.63) is 59.0 Å². The van der Waals surface area contributed by atoms with Crippen molar-refractivity contribution < 1.29 is 9.53 Å². The number of benzene rings is 1. The highest BCUT2D eigenvalue weighted by molar-refractivity contribution is 5.90. The van der Waals surface area contributed by atoms with Crippen LogP contribution < -0.4 is 10.1 Å². The van der Waals surface area contributed by atoms with Crippen LogP contribution in [0.4, 0.5) is 10.5 Å². The molecule has 7 heteroatoms. The summed E-state index contributed by atoms with van der Waals surface area (Å²) in [7, 11) is 1.59. The summed E-state index contributed by atoms with van der Waals surface area (Å²) in [5.41, 5.74) is 5.93. The van der Waals surface area contributed by atoms with Gasteiger partial charge in [-0.3, -0.25) is 0 Å². The van der Waals surface area contributed by atoms with Crippen molar-refractivity contribution in [3.63, 3.8) is 0 Å². The number of rotatable bonds is 3. The molecule has 1 aliphatic heterocycles. The highest BCUT2D eigenvalue weighted by atomic mass is 16.5. The maximum atomic E-state index is 12.7. The van der Waals surface area contributed by atoms with E-state index in [-0.39, 0.29) is 6.03 Å². The van der Waals surface area contributed by atoms with Crippen LogP contribution >= 0.6 is 0 Å². The fourth-order valence-electron chi connectivity index (χ4n) is 3.39. The third kappa shape index (κ3) is 3.55. The molecule has 0 atom stereocenters. The Hall–Kier alpha value is -3.35. The Labute approximate surface area is 163 Å². The Balaban J connectivity index is 1.48. The van der Waals surface area contributed by atoms with Gasteiger partial charge in [0.1, 0.15) is 5.82 Å². The molecule has 0 unspecified atom stereocenters. The highest BCUT2D eigenvalue weighted by Crippen LogP contribution is 2.24. The molecule has 144 valence electrons. The van der Waals surface area contributed by atoms with Gasteiger partial charge >= 0.3 is 6.03 Å². The first-order valence-corrected chi connectivity index (χ1v) is 9.25. The number of pyridine rings is 1. The van der Waals surface area contributed by atoms with Crippen LogP contribution in [0.15, 0.2) is 36.5 Å². The van der Waals surface area contributed by atoms with Crippen molar-refractivity contribution in [2.24, 2.45) is 0 Å². The summed E-state index contributed by atoms with van der Waals surface area (Å²) in [5.74, 6) is 1.33. The van der Waals surface area contributed by atoms with E-state index in [0.29, 0.717) is 19.0 Å². The van der Waals surface area contributed by atoms with E-state index >= 15 is 0 Å². The van der Waals surface area contributed by atoms with Crippen molar-refractivity contribution in [2.45, 2.75) is 26.8 Å². The number of nitrogens with one attached hydrogen (secondary N) is 2. The summed E-state index contributed by atoms with van der Waals surface area (Å²) in [6.07, 6.45) is 2.45. The number of amides is 2. The maximum Gasteiger partial charge on any atom is 0.322 e. The van der Waals surface area contributed by atoms with Gasteiger partial charge in [0.2, 0.25) is 5.88 Å². The number of aryl methyl sites for hydroxylation is 2. The van der Waals surface area contributed by atoms with Crippen LogP contribution in [0.1, 0.15) is 22.5 Å². The van der Waals surface area contributed by atoms with E-state index in [4.69, 9.17) is 4.74 Å². The first kappa shape index (κ1) is 18.0. The minimum Gasteiger partial charge on any atom is -0.481 e. The summed E-state index contributed by atoms with van der Waals surface area (Å²) in [6.45, 7) is 5.18. The molecule has 0 aliphatic carbocycles. The number of hydrogen-bond acceptors (Lipinski definition) is 4. The molecule has 0 saturated carbocycles. The second kappa shape index (κ2) is 7.34. The zero-order valence-electron chi connectivity index (χ0n) is 16.2. The first-order valence-electron chi connectivity index (χ1n) is 9.25. The largest absolute Gasteiger partial charge is 0.481 e. The molecule has 0 saturated heterocycles. The lowest BCUT2D eigenvalue weighted by Gasteiger charge is -2.26. The van der Waals surface area contributed by atoms with Gasteiger partial charge in [-0.1, -0.05) is 17.7 Å². The smallest absolute Gasteiger partial charge is 0.322 e. The van der Waals surface area contributed by atoms with Gasteiger partial charge in [-0.15, -0.1) is 0 Å². The molecule has 4 rings (SSSR count). The fraction of sp³-hybridized carbons (Fsp3) is 0.286. The number of aromatic amines is 1. The number of fused-ring (bicyclic) bond motifs is 1. The lowest BCUT2D eigenvalue weighted by atomic mass is 10.1. The SMILES string of the molecule is COc1ccc(-c2nc3c([nH]2)CN(C(=O)Nc2ccc(C)cc2C)CC3)cn1. The molecular weight excluding hydrogens is 354 g/mol. The predicted molar refractivity (Wildman–Crippen MR) is 107 cm³/mol. The summed E-state index contributed by atoms with van der Waals surface area (Å²) < 4.78 is 5.10. The number of hydrogen-bond donors (Lipinski definition) is 2. The standard InChI is InChI=1S/C21H23N5O2/c1-13-4-6-16(14(2)10-13)25-21(27)26-9-8-17-18(12-26)24-20(23-17)15-5-7-19(28-3)22-11-15/h4-7,10-11H,8-9,12H2,1-3H3,(H,23,24)(H,25,27). The van der Waals surface area contributed by atoms with Crippen molar-refractivity contribution in [3.8, 4) is 17.3 Å². The molecule has 1 aromatic carbocycles. The number of carbonyl (C=O) groups excluding carboxylic acids is 1. The third-order valence-corrected chi connectivity index (χ3v) is 4.96. The number of ether oxygens (including phenoxy) is 1. The van der Waals surface area contributed by atoms with Gasteiger partial charge in [0, 0.05) is 36.5 Å². The maximum absolute atomic E-state index is 12.7. The van der Waals surface area contributed by atoms with E-state index in [9.17, 15) is 4.79 Å².